The van der Waals surface area contributed by atoms with Crippen LogP contribution in [0, 0.1) is 0 Å². The van der Waals surface area contributed by atoms with E-state index >= 15 is 0 Å². The number of hydrogen-bond acceptors (Lipinski definition) is 5. The maximum atomic E-state index is 12.6. The van der Waals surface area contributed by atoms with E-state index in [4.69, 9.17) is 10.5 Å². The van der Waals surface area contributed by atoms with E-state index in [1.807, 2.05) is 54.6 Å². The van der Waals surface area contributed by atoms with E-state index in [0.717, 1.165) is 21.4 Å². The Balaban J connectivity index is 1.47. The average Bonchev–Trinajstić information content (AvgIpc) is 2.80. The van der Waals surface area contributed by atoms with Gasteiger partial charge in [0.05, 0.1) is 5.39 Å². The summed E-state index contributed by atoms with van der Waals surface area (Å²) in [4.78, 5) is 36.7. The van der Waals surface area contributed by atoms with E-state index in [9.17, 15) is 14.4 Å². The van der Waals surface area contributed by atoms with Crippen molar-refractivity contribution in [3.63, 3.8) is 0 Å². The molecule has 0 aliphatic carbocycles. The Morgan fingerprint density at radius 1 is 0.839 bits per heavy atom. The Morgan fingerprint density at radius 3 is 2.13 bits per heavy atom. The lowest BCUT2D eigenvalue weighted by Gasteiger charge is -2.10. The molecular weight excluding hydrogens is 394 g/mol. The summed E-state index contributed by atoms with van der Waals surface area (Å²) in [5.74, 6) is -1.43. The molecule has 2 N–H and O–H groups in total. The zero-order chi connectivity index (χ0) is 21.8. The van der Waals surface area contributed by atoms with Crippen LogP contribution in [0.4, 0.5) is 0 Å². The van der Waals surface area contributed by atoms with E-state index in [1.54, 1.807) is 24.3 Å². The SMILES string of the molecule is NC(=O)c1nn(CC(=O)OCc2ccc(-c3ccccc3)cc2)c(=O)c2ccccc12. The predicted molar refractivity (Wildman–Crippen MR) is 116 cm³/mol. The Hall–Kier alpha value is -4.26. The zero-order valence-electron chi connectivity index (χ0n) is 16.5. The van der Waals surface area contributed by atoms with Gasteiger partial charge in [-0.1, -0.05) is 72.8 Å². The van der Waals surface area contributed by atoms with Crippen molar-refractivity contribution in [1.82, 2.24) is 9.78 Å². The lowest BCUT2D eigenvalue weighted by molar-refractivity contribution is -0.146. The zero-order valence-corrected chi connectivity index (χ0v) is 16.5. The summed E-state index contributed by atoms with van der Waals surface area (Å²) in [6, 6.07) is 24.1. The Kier molecular flexibility index (Phi) is 5.57. The van der Waals surface area contributed by atoms with Crippen molar-refractivity contribution in [2.24, 2.45) is 5.73 Å². The van der Waals surface area contributed by atoms with Gasteiger partial charge in [-0.25, -0.2) is 4.68 Å². The van der Waals surface area contributed by atoms with Crippen molar-refractivity contribution in [1.29, 1.82) is 0 Å². The van der Waals surface area contributed by atoms with Gasteiger partial charge in [-0.2, -0.15) is 5.10 Å². The number of amides is 1. The number of rotatable bonds is 6. The van der Waals surface area contributed by atoms with Crippen LogP contribution in [0.15, 0.2) is 83.7 Å². The molecule has 0 spiro atoms. The number of fused-ring (bicyclic) bond motifs is 1. The molecule has 0 saturated heterocycles. The molecule has 0 atom stereocenters. The molecule has 0 bridgehead atoms. The molecular formula is C24H19N3O4. The fourth-order valence-electron chi connectivity index (χ4n) is 3.28. The topological polar surface area (TPSA) is 104 Å². The molecule has 0 saturated carbocycles. The van der Waals surface area contributed by atoms with Gasteiger partial charge in [-0.3, -0.25) is 14.4 Å². The Labute approximate surface area is 177 Å². The predicted octanol–water partition coefficient (Wildman–Crippen LogP) is 2.91. The Morgan fingerprint density at radius 2 is 1.45 bits per heavy atom. The van der Waals surface area contributed by atoms with Gasteiger partial charge in [0.1, 0.15) is 13.2 Å². The van der Waals surface area contributed by atoms with Crippen molar-refractivity contribution in [3.05, 3.63) is 100 Å². The van der Waals surface area contributed by atoms with Crippen LogP contribution in [0.2, 0.25) is 0 Å². The lowest BCUT2D eigenvalue weighted by Crippen LogP contribution is -2.31. The summed E-state index contributed by atoms with van der Waals surface area (Å²) < 4.78 is 6.20. The molecule has 0 unspecified atom stereocenters. The van der Waals surface area contributed by atoms with Crippen molar-refractivity contribution in [2.45, 2.75) is 13.2 Å². The molecule has 0 aliphatic heterocycles. The first-order valence-corrected chi connectivity index (χ1v) is 9.62. The molecule has 7 nitrogen and oxygen atoms in total. The minimum atomic E-state index is -0.781. The smallest absolute Gasteiger partial charge is 0.328 e. The number of hydrogen-bond donors (Lipinski definition) is 1. The molecule has 1 amide bonds. The monoisotopic (exact) mass is 413 g/mol. The van der Waals surface area contributed by atoms with Crippen LogP contribution in [-0.4, -0.2) is 21.7 Å². The number of carbonyl (C=O) groups excluding carboxylic acids is 2. The van der Waals surface area contributed by atoms with Gasteiger partial charge in [0.2, 0.25) is 0 Å². The molecule has 31 heavy (non-hydrogen) atoms. The standard InChI is InChI=1S/C24H19N3O4/c25-23(29)22-19-8-4-5-9-20(19)24(30)27(26-22)14-21(28)31-15-16-10-12-18(13-11-16)17-6-2-1-3-7-17/h1-13H,14-15H2,(H2,25,29). The first-order chi connectivity index (χ1) is 15.0. The van der Waals surface area contributed by atoms with Crippen LogP contribution < -0.4 is 11.3 Å². The van der Waals surface area contributed by atoms with E-state index < -0.39 is 24.0 Å². The largest absolute Gasteiger partial charge is 0.459 e. The van der Waals surface area contributed by atoms with Crippen LogP contribution in [0.25, 0.3) is 21.9 Å². The van der Waals surface area contributed by atoms with Crippen molar-refractivity contribution < 1.29 is 14.3 Å². The highest BCUT2D eigenvalue weighted by atomic mass is 16.5. The number of carbonyl (C=O) groups is 2. The first-order valence-electron chi connectivity index (χ1n) is 9.62. The summed E-state index contributed by atoms with van der Waals surface area (Å²) in [5.41, 5.74) is 7.78. The van der Waals surface area contributed by atoms with Crippen LogP contribution in [-0.2, 0) is 22.7 Å². The summed E-state index contributed by atoms with van der Waals surface area (Å²) in [6.45, 7) is -0.370. The van der Waals surface area contributed by atoms with Gasteiger partial charge >= 0.3 is 5.97 Å². The summed E-state index contributed by atoms with van der Waals surface area (Å²) in [6.07, 6.45) is 0. The highest BCUT2D eigenvalue weighted by Crippen LogP contribution is 2.19. The number of aromatic nitrogens is 2. The molecule has 3 aromatic carbocycles. The molecule has 154 valence electrons. The fraction of sp³-hybridized carbons (Fsp3) is 0.0833. The summed E-state index contributed by atoms with van der Waals surface area (Å²) >= 11 is 0. The highest BCUT2D eigenvalue weighted by Gasteiger charge is 2.16. The minimum absolute atomic E-state index is 0.0545. The van der Waals surface area contributed by atoms with Gasteiger partial charge in [-0.05, 0) is 22.8 Å². The van der Waals surface area contributed by atoms with Crippen LogP contribution in [0.1, 0.15) is 16.1 Å². The highest BCUT2D eigenvalue weighted by molar-refractivity contribution is 6.04. The third kappa shape index (κ3) is 4.35. The second kappa shape index (κ2) is 8.62. The van der Waals surface area contributed by atoms with Crippen molar-refractivity contribution in [2.75, 3.05) is 0 Å². The third-order valence-electron chi connectivity index (χ3n) is 4.84. The lowest BCUT2D eigenvalue weighted by atomic mass is 10.0. The summed E-state index contributed by atoms with van der Waals surface area (Å²) in [7, 11) is 0. The molecule has 1 aromatic heterocycles. The van der Waals surface area contributed by atoms with E-state index in [-0.39, 0.29) is 17.7 Å². The molecule has 4 rings (SSSR count). The van der Waals surface area contributed by atoms with Gasteiger partial charge in [0, 0.05) is 5.39 Å². The Bertz CT molecular complexity index is 1310. The molecule has 1 heterocycles. The van der Waals surface area contributed by atoms with Crippen LogP contribution in [0.3, 0.4) is 0 Å². The second-order valence-corrected chi connectivity index (χ2v) is 6.94. The molecule has 4 aromatic rings. The normalized spacial score (nSPS) is 10.7. The number of nitrogens with two attached hydrogens (primary N) is 1. The first kappa shape index (κ1) is 20.0. The minimum Gasteiger partial charge on any atom is -0.459 e. The van der Waals surface area contributed by atoms with E-state index in [2.05, 4.69) is 5.10 Å². The number of ether oxygens (including phenoxy) is 1. The van der Waals surface area contributed by atoms with Crippen LogP contribution >= 0.6 is 0 Å². The second-order valence-electron chi connectivity index (χ2n) is 6.94. The number of benzene rings is 3. The number of nitrogens with zero attached hydrogens (tertiary/aromatic N) is 2. The molecule has 0 aliphatic rings. The summed E-state index contributed by atoms with van der Waals surface area (Å²) in [5, 5.41) is 4.58. The quantitative estimate of drug-likeness (QED) is 0.490. The van der Waals surface area contributed by atoms with Crippen LogP contribution in [0.5, 0.6) is 0 Å². The number of esters is 1. The van der Waals surface area contributed by atoms with Crippen molar-refractivity contribution in [3.8, 4) is 11.1 Å². The van der Waals surface area contributed by atoms with Crippen molar-refractivity contribution >= 4 is 22.6 Å². The van der Waals surface area contributed by atoms with Gasteiger partial charge in [0.25, 0.3) is 11.5 Å². The van der Waals surface area contributed by atoms with Gasteiger partial charge < -0.3 is 10.5 Å². The molecule has 7 heteroatoms. The number of primary amides is 1. The van der Waals surface area contributed by atoms with Gasteiger partial charge in [-0.15, -0.1) is 0 Å². The van der Waals surface area contributed by atoms with E-state index in [0.29, 0.717) is 5.39 Å². The average molecular weight is 413 g/mol. The maximum absolute atomic E-state index is 12.6. The van der Waals surface area contributed by atoms with Gasteiger partial charge in [0.15, 0.2) is 5.69 Å². The molecule has 0 radical (unpaired) electrons. The fourth-order valence-corrected chi connectivity index (χ4v) is 3.28. The van der Waals surface area contributed by atoms with E-state index in [1.165, 1.54) is 0 Å². The molecule has 0 fully saturated rings. The third-order valence-corrected chi connectivity index (χ3v) is 4.84. The maximum Gasteiger partial charge on any atom is 0.328 e.